The van der Waals surface area contributed by atoms with Gasteiger partial charge in [-0.3, -0.25) is 4.98 Å². The average Bonchev–Trinajstić information content (AvgIpc) is 2.43. The number of alkyl halides is 3. The van der Waals surface area contributed by atoms with Crippen LogP contribution in [0.15, 0.2) is 36.7 Å². The van der Waals surface area contributed by atoms with Crippen molar-refractivity contribution in [3.8, 4) is 5.88 Å². The molecule has 0 atom stereocenters. The second-order valence-electron chi connectivity index (χ2n) is 4.65. The number of aromatic nitrogens is 2. The third-order valence-corrected chi connectivity index (χ3v) is 2.84. The second kappa shape index (κ2) is 6.56. The quantitative estimate of drug-likeness (QED) is 0.787. The van der Waals surface area contributed by atoms with Crippen LogP contribution in [0.2, 0.25) is 0 Å². The lowest BCUT2D eigenvalue weighted by Crippen LogP contribution is -2.08. The van der Waals surface area contributed by atoms with Crippen LogP contribution in [0.5, 0.6) is 5.88 Å². The van der Waals surface area contributed by atoms with Crippen LogP contribution in [0.3, 0.4) is 0 Å². The number of ether oxygens (including phenoxy) is 1. The van der Waals surface area contributed by atoms with E-state index in [2.05, 4.69) is 9.97 Å². The third-order valence-electron chi connectivity index (χ3n) is 2.84. The monoisotopic (exact) mass is 296 g/mol. The molecule has 6 heteroatoms. The molecule has 0 N–H and O–H groups in total. The summed E-state index contributed by atoms with van der Waals surface area (Å²) in [5.41, 5.74) is 0.610. The second-order valence-corrected chi connectivity index (χ2v) is 4.65. The first-order chi connectivity index (χ1) is 9.95. The topological polar surface area (TPSA) is 35.0 Å². The van der Waals surface area contributed by atoms with Crippen molar-refractivity contribution in [1.82, 2.24) is 9.97 Å². The Bertz CT molecular complexity index is 585. The van der Waals surface area contributed by atoms with Gasteiger partial charge in [0.2, 0.25) is 5.88 Å². The summed E-state index contributed by atoms with van der Waals surface area (Å²) in [6.45, 7) is 1.82. The smallest absolute Gasteiger partial charge is 0.416 e. The minimum atomic E-state index is -4.39. The Morgan fingerprint density at radius 3 is 2.71 bits per heavy atom. The molecule has 2 aromatic heterocycles. The van der Waals surface area contributed by atoms with Crippen LogP contribution in [0.25, 0.3) is 0 Å². The fourth-order valence-corrected chi connectivity index (χ4v) is 1.87. The van der Waals surface area contributed by atoms with Crippen LogP contribution in [-0.2, 0) is 12.6 Å². The number of halogens is 3. The minimum absolute atomic E-state index is 0.00788. The van der Waals surface area contributed by atoms with Crippen LogP contribution in [0.1, 0.15) is 23.2 Å². The summed E-state index contributed by atoms with van der Waals surface area (Å²) in [6.07, 6.45) is 0.498. The lowest BCUT2D eigenvalue weighted by Gasteiger charge is -2.11. The van der Waals surface area contributed by atoms with E-state index in [1.807, 2.05) is 12.1 Å². The fraction of sp³-hybridized carbons (Fsp3) is 0.333. The summed E-state index contributed by atoms with van der Waals surface area (Å²) in [7, 11) is 0. The maximum Gasteiger partial charge on any atom is 0.416 e. The van der Waals surface area contributed by atoms with Gasteiger partial charge in [0.15, 0.2) is 0 Å². The molecule has 0 spiro atoms. The Kier molecular flexibility index (Phi) is 4.77. The minimum Gasteiger partial charge on any atom is -0.478 e. The van der Waals surface area contributed by atoms with Gasteiger partial charge in [0.1, 0.15) is 0 Å². The van der Waals surface area contributed by atoms with E-state index in [1.165, 1.54) is 6.92 Å². The van der Waals surface area contributed by atoms with Crippen LogP contribution in [0.4, 0.5) is 13.2 Å². The van der Waals surface area contributed by atoms with E-state index in [-0.39, 0.29) is 11.6 Å². The predicted molar refractivity (Wildman–Crippen MR) is 72.0 cm³/mol. The Hall–Kier alpha value is -2.11. The molecule has 0 aliphatic rings. The Balaban J connectivity index is 1.90. The van der Waals surface area contributed by atoms with E-state index in [0.717, 1.165) is 24.1 Å². The largest absolute Gasteiger partial charge is 0.478 e. The molecule has 0 saturated carbocycles. The molecule has 0 amide bonds. The van der Waals surface area contributed by atoms with Gasteiger partial charge in [0, 0.05) is 24.2 Å². The van der Waals surface area contributed by atoms with Gasteiger partial charge in [-0.25, -0.2) is 4.98 Å². The summed E-state index contributed by atoms with van der Waals surface area (Å²) in [5, 5.41) is 0. The molecule has 0 radical (unpaired) electrons. The molecule has 0 aliphatic carbocycles. The van der Waals surface area contributed by atoms with Gasteiger partial charge in [-0.1, -0.05) is 6.07 Å². The molecular weight excluding hydrogens is 281 g/mol. The Morgan fingerprint density at radius 2 is 2.05 bits per heavy atom. The molecule has 2 aromatic rings. The van der Waals surface area contributed by atoms with E-state index in [9.17, 15) is 13.2 Å². The maximum atomic E-state index is 12.7. The highest BCUT2D eigenvalue weighted by molar-refractivity contribution is 5.26. The van der Waals surface area contributed by atoms with Crippen LogP contribution in [0, 0.1) is 6.92 Å². The predicted octanol–water partition coefficient (Wildman–Crippen LogP) is 3.82. The summed E-state index contributed by atoms with van der Waals surface area (Å²) in [5.74, 6) is 0.00788. The maximum absolute atomic E-state index is 12.7. The van der Waals surface area contributed by atoms with Gasteiger partial charge in [-0.2, -0.15) is 13.2 Å². The first-order valence-electron chi connectivity index (χ1n) is 6.53. The van der Waals surface area contributed by atoms with Gasteiger partial charge in [-0.15, -0.1) is 0 Å². The molecule has 0 bridgehead atoms. The molecule has 0 unspecified atom stereocenters. The van der Waals surface area contributed by atoms with E-state index >= 15 is 0 Å². The lowest BCUT2D eigenvalue weighted by molar-refractivity contribution is -0.137. The van der Waals surface area contributed by atoms with E-state index < -0.39 is 11.7 Å². The van der Waals surface area contributed by atoms with Gasteiger partial charge in [0.25, 0.3) is 0 Å². The fourth-order valence-electron chi connectivity index (χ4n) is 1.87. The van der Waals surface area contributed by atoms with Gasteiger partial charge in [0.05, 0.1) is 12.2 Å². The Morgan fingerprint density at radius 1 is 1.24 bits per heavy atom. The lowest BCUT2D eigenvalue weighted by atomic mass is 10.2. The normalized spacial score (nSPS) is 11.4. The number of hydrogen-bond donors (Lipinski definition) is 0. The molecule has 0 fully saturated rings. The SMILES string of the molecule is Cc1cc(C(F)(F)F)cc(OCCCc2cccnc2)n1. The molecule has 3 nitrogen and oxygen atoms in total. The van der Waals surface area contributed by atoms with Crippen molar-refractivity contribution in [3.63, 3.8) is 0 Å². The number of aryl methyl sites for hydroxylation is 2. The van der Waals surface area contributed by atoms with Gasteiger partial charge < -0.3 is 4.74 Å². The molecule has 0 saturated heterocycles. The first-order valence-corrected chi connectivity index (χ1v) is 6.53. The van der Waals surface area contributed by atoms with E-state index in [4.69, 9.17) is 4.74 Å². The van der Waals surface area contributed by atoms with Crippen molar-refractivity contribution in [2.45, 2.75) is 25.9 Å². The summed E-state index contributed by atoms with van der Waals surface area (Å²) < 4.78 is 43.3. The van der Waals surface area contributed by atoms with Crippen LogP contribution < -0.4 is 4.74 Å². The summed E-state index contributed by atoms with van der Waals surface area (Å²) in [6, 6.07) is 5.72. The number of hydrogen-bond acceptors (Lipinski definition) is 3. The standard InChI is InChI=1S/C15H15F3N2O/c1-11-8-13(15(16,17)18)9-14(20-11)21-7-3-5-12-4-2-6-19-10-12/h2,4,6,8-10H,3,5,7H2,1H3. The Labute approximate surface area is 120 Å². The van der Waals surface area contributed by atoms with Crippen molar-refractivity contribution in [1.29, 1.82) is 0 Å². The summed E-state index contributed by atoms with van der Waals surface area (Å²) >= 11 is 0. The zero-order valence-electron chi connectivity index (χ0n) is 11.5. The molecular formula is C15H15F3N2O. The number of rotatable bonds is 5. The molecule has 2 rings (SSSR count). The van der Waals surface area contributed by atoms with Crippen molar-refractivity contribution in [3.05, 3.63) is 53.5 Å². The average molecular weight is 296 g/mol. The van der Waals surface area contributed by atoms with E-state index in [1.54, 1.807) is 12.4 Å². The highest BCUT2D eigenvalue weighted by Gasteiger charge is 2.31. The molecule has 2 heterocycles. The van der Waals surface area contributed by atoms with Gasteiger partial charge in [-0.05, 0) is 37.5 Å². The zero-order valence-corrected chi connectivity index (χ0v) is 11.5. The molecule has 21 heavy (non-hydrogen) atoms. The van der Waals surface area contributed by atoms with Crippen LogP contribution >= 0.6 is 0 Å². The molecule has 0 aliphatic heterocycles. The number of nitrogens with zero attached hydrogens (tertiary/aromatic N) is 2. The molecule has 112 valence electrons. The van der Waals surface area contributed by atoms with Crippen molar-refractivity contribution >= 4 is 0 Å². The first kappa shape index (κ1) is 15.3. The number of pyridine rings is 2. The molecule has 0 aromatic carbocycles. The van der Waals surface area contributed by atoms with Crippen LogP contribution in [-0.4, -0.2) is 16.6 Å². The van der Waals surface area contributed by atoms with Crippen molar-refractivity contribution in [2.75, 3.05) is 6.61 Å². The van der Waals surface area contributed by atoms with Crippen molar-refractivity contribution in [2.24, 2.45) is 0 Å². The van der Waals surface area contributed by atoms with Crippen molar-refractivity contribution < 1.29 is 17.9 Å². The van der Waals surface area contributed by atoms with E-state index in [0.29, 0.717) is 13.0 Å². The third kappa shape index (κ3) is 4.73. The zero-order chi connectivity index (χ0) is 15.3. The highest BCUT2D eigenvalue weighted by atomic mass is 19.4. The summed E-state index contributed by atoms with van der Waals surface area (Å²) in [4.78, 5) is 7.95. The van der Waals surface area contributed by atoms with Gasteiger partial charge >= 0.3 is 6.18 Å². The highest BCUT2D eigenvalue weighted by Crippen LogP contribution is 2.31.